The maximum Gasteiger partial charge on any atom is 0.191 e. The number of halogens is 1. The lowest BCUT2D eigenvalue weighted by atomic mass is 10.0. The van der Waals surface area contributed by atoms with Crippen molar-refractivity contribution in [3.05, 3.63) is 35.9 Å². The number of hydrogen-bond acceptors (Lipinski definition) is 3. The van der Waals surface area contributed by atoms with E-state index in [1.165, 1.54) is 6.54 Å². The lowest BCUT2D eigenvalue weighted by Crippen LogP contribution is -2.49. The smallest absolute Gasteiger partial charge is 0.191 e. The van der Waals surface area contributed by atoms with Gasteiger partial charge in [0.1, 0.15) is 0 Å². The minimum Gasteiger partial charge on any atom is -0.355 e. The SMILES string of the molecule is CN=C(NCCS(=O)Cc1ccccc1)NC1CCN(CC(C)C)CC1.I. The second-order valence-corrected chi connectivity index (χ2v) is 8.96. The highest BCUT2D eigenvalue weighted by Gasteiger charge is 2.20. The summed E-state index contributed by atoms with van der Waals surface area (Å²) < 4.78 is 12.2. The number of nitrogens with one attached hydrogen (secondary N) is 2. The second kappa shape index (κ2) is 13.5. The molecule has 7 heteroatoms. The van der Waals surface area contributed by atoms with Crippen molar-refractivity contribution in [3.63, 3.8) is 0 Å². The van der Waals surface area contributed by atoms with Crippen molar-refractivity contribution in [1.82, 2.24) is 15.5 Å². The van der Waals surface area contributed by atoms with Gasteiger partial charge in [-0.15, -0.1) is 24.0 Å². The topological polar surface area (TPSA) is 56.7 Å². The molecule has 1 aliphatic heterocycles. The third kappa shape index (κ3) is 9.89. The van der Waals surface area contributed by atoms with Crippen molar-refractivity contribution in [2.45, 2.75) is 38.5 Å². The first-order chi connectivity index (χ1) is 12.6. The molecule has 1 heterocycles. The fraction of sp³-hybridized carbons (Fsp3) is 0.650. The Morgan fingerprint density at radius 2 is 1.93 bits per heavy atom. The van der Waals surface area contributed by atoms with Crippen LogP contribution in [-0.2, 0) is 16.6 Å². The highest BCUT2D eigenvalue weighted by atomic mass is 127. The van der Waals surface area contributed by atoms with E-state index in [-0.39, 0.29) is 24.0 Å². The predicted octanol–water partition coefficient (Wildman–Crippen LogP) is 2.84. The molecule has 0 radical (unpaired) electrons. The molecule has 1 saturated heterocycles. The standard InChI is InChI=1S/C20H34N4OS.HI/c1-17(2)15-24-12-9-19(10-13-24)23-20(21-3)22-11-14-26(25)16-18-7-5-4-6-8-18;/h4-8,17,19H,9-16H2,1-3H3,(H2,21,22,23);1H. The van der Waals surface area contributed by atoms with Crippen LogP contribution in [0.25, 0.3) is 0 Å². The minimum absolute atomic E-state index is 0. The number of hydrogen-bond donors (Lipinski definition) is 2. The Bertz CT molecular complexity index is 575. The van der Waals surface area contributed by atoms with Crippen LogP contribution in [0.2, 0.25) is 0 Å². The third-order valence-corrected chi connectivity index (χ3v) is 5.88. The van der Waals surface area contributed by atoms with Gasteiger partial charge in [0, 0.05) is 61.6 Å². The number of likely N-dealkylation sites (tertiary alicyclic amines) is 1. The van der Waals surface area contributed by atoms with Gasteiger partial charge in [-0.3, -0.25) is 9.20 Å². The highest BCUT2D eigenvalue weighted by molar-refractivity contribution is 14.0. The number of piperidine rings is 1. The van der Waals surface area contributed by atoms with Crippen LogP contribution in [0.4, 0.5) is 0 Å². The van der Waals surface area contributed by atoms with E-state index < -0.39 is 10.8 Å². The first kappa shape index (κ1) is 24.4. The zero-order chi connectivity index (χ0) is 18.8. The molecule has 1 fully saturated rings. The molecule has 1 aliphatic rings. The summed E-state index contributed by atoms with van der Waals surface area (Å²) in [7, 11) is 0.937. The van der Waals surface area contributed by atoms with E-state index in [1.54, 1.807) is 7.05 Å². The Kier molecular flexibility index (Phi) is 12.2. The van der Waals surface area contributed by atoms with Gasteiger partial charge in [0.15, 0.2) is 5.96 Å². The zero-order valence-corrected chi connectivity index (χ0v) is 20.0. The van der Waals surface area contributed by atoms with E-state index in [1.807, 2.05) is 30.3 Å². The van der Waals surface area contributed by atoms with Gasteiger partial charge in [-0.25, -0.2) is 0 Å². The molecule has 0 bridgehead atoms. The van der Waals surface area contributed by atoms with Crippen LogP contribution in [0, 0.1) is 5.92 Å². The summed E-state index contributed by atoms with van der Waals surface area (Å²) in [5, 5.41) is 6.83. The second-order valence-electron chi connectivity index (χ2n) is 7.39. The average Bonchev–Trinajstić information content (AvgIpc) is 2.62. The zero-order valence-electron chi connectivity index (χ0n) is 16.8. The van der Waals surface area contributed by atoms with Crippen molar-refractivity contribution >= 4 is 40.7 Å². The van der Waals surface area contributed by atoms with Crippen molar-refractivity contribution in [1.29, 1.82) is 0 Å². The van der Waals surface area contributed by atoms with Gasteiger partial charge < -0.3 is 15.5 Å². The monoisotopic (exact) mass is 506 g/mol. The van der Waals surface area contributed by atoms with Crippen LogP contribution in [0.3, 0.4) is 0 Å². The molecule has 5 nitrogen and oxygen atoms in total. The molecule has 0 spiro atoms. The molecule has 27 heavy (non-hydrogen) atoms. The number of aliphatic imine (C=N–C) groups is 1. The van der Waals surface area contributed by atoms with Crippen LogP contribution in [0.15, 0.2) is 35.3 Å². The molecule has 0 aliphatic carbocycles. The van der Waals surface area contributed by atoms with Crippen LogP contribution in [-0.4, -0.2) is 60.1 Å². The van der Waals surface area contributed by atoms with Gasteiger partial charge in [-0.2, -0.15) is 0 Å². The molecule has 0 aromatic heterocycles. The van der Waals surface area contributed by atoms with Crippen LogP contribution in [0.5, 0.6) is 0 Å². The lowest BCUT2D eigenvalue weighted by Gasteiger charge is -2.33. The Morgan fingerprint density at radius 1 is 1.26 bits per heavy atom. The molecule has 1 unspecified atom stereocenters. The van der Waals surface area contributed by atoms with Gasteiger partial charge >= 0.3 is 0 Å². The molecular formula is C20H35IN4OS. The van der Waals surface area contributed by atoms with E-state index >= 15 is 0 Å². The van der Waals surface area contributed by atoms with E-state index in [9.17, 15) is 4.21 Å². The Labute approximate surface area is 184 Å². The fourth-order valence-electron chi connectivity index (χ4n) is 3.28. The number of guanidine groups is 1. The van der Waals surface area contributed by atoms with Crippen molar-refractivity contribution in [3.8, 4) is 0 Å². The Balaban J connectivity index is 0.00000364. The normalized spacial score (nSPS) is 17.4. The lowest BCUT2D eigenvalue weighted by molar-refractivity contribution is 0.187. The van der Waals surface area contributed by atoms with Gasteiger partial charge in [0.05, 0.1) is 0 Å². The largest absolute Gasteiger partial charge is 0.355 e. The molecule has 0 saturated carbocycles. The minimum atomic E-state index is -0.859. The summed E-state index contributed by atoms with van der Waals surface area (Å²) in [6.07, 6.45) is 2.29. The quantitative estimate of drug-likeness (QED) is 0.324. The van der Waals surface area contributed by atoms with Crippen LogP contribution >= 0.6 is 24.0 Å². The van der Waals surface area contributed by atoms with Crippen LogP contribution in [0.1, 0.15) is 32.3 Å². The average molecular weight is 506 g/mol. The van der Waals surface area contributed by atoms with Crippen molar-refractivity contribution in [2.75, 3.05) is 39.0 Å². The summed E-state index contributed by atoms with van der Waals surface area (Å²) in [6.45, 7) is 8.70. The Hall–Kier alpha value is -0.670. The summed E-state index contributed by atoms with van der Waals surface area (Å²) in [5.74, 6) is 2.79. The Morgan fingerprint density at radius 3 is 2.52 bits per heavy atom. The van der Waals surface area contributed by atoms with E-state index in [4.69, 9.17) is 0 Å². The fourth-order valence-corrected chi connectivity index (χ4v) is 4.32. The van der Waals surface area contributed by atoms with Gasteiger partial charge in [0.25, 0.3) is 0 Å². The van der Waals surface area contributed by atoms with Crippen molar-refractivity contribution in [2.24, 2.45) is 10.9 Å². The summed E-state index contributed by atoms with van der Waals surface area (Å²) in [5.41, 5.74) is 1.13. The van der Waals surface area contributed by atoms with E-state index in [0.717, 1.165) is 43.4 Å². The molecular weight excluding hydrogens is 471 g/mol. The number of benzene rings is 1. The van der Waals surface area contributed by atoms with Crippen LogP contribution < -0.4 is 10.6 Å². The third-order valence-electron chi connectivity index (χ3n) is 4.57. The van der Waals surface area contributed by atoms with Crippen molar-refractivity contribution < 1.29 is 4.21 Å². The number of rotatable bonds is 8. The van der Waals surface area contributed by atoms with Gasteiger partial charge in [-0.05, 0) is 24.3 Å². The highest BCUT2D eigenvalue weighted by Crippen LogP contribution is 2.12. The maximum absolute atomic E-state index is 12.2. The number of nitrogens with zero attached hydrogens (tertiary/aromatic N) is 2. The predicted molar refractivity (Wildman–Crippen MR) is 127 cm³/mol. The first-order valence-corrected chi connectivity index (χ1v) is 11.1. The van der Waals surface area contributed by atoms with E-state index in [0.29, 0.717) is 24.1 Å². The molecule has 1 aromatic rings. The first-order valence-electron chi connectivity index (χ1n) is 9.65. The molecule has 0 amide bonds. The van der Waals surface area contributed by atoms with E-state index in [2.05, 4.69) is 34.4 Å². The van der Waals surface area contributed by atoms with Gasteiger partial charge in [0.2, 0.25) is 0 Å². The van der Waals surface area contributed by atoms with Gasteiger partial charge in [-0.1, -0.05) is 44.2 Å². The molecule has 1 atom stereocenters. The molecule has 1 aromatic carbocycles. The maximum atomic E-state index is 12.2. The summed E-state index contributed by atoms with van der Waals surface area (Å²) >= 11 is 0. The molecule has 2 N–H and O–H groups in total. The molecule has 2 rings (SSSR count). The molecule has 154 valence electrons. The summed E-state index contributed by atoms with van der Waals surface area (Å²) in [4.78, 5) is 6.86. The summed E-state index contributed by atoms with van der Waals surface area (Å²) in [6, 6.07) is 10.5.